The number of nitrogens with one attached hydrogen (secondary N) is 1. The van der Waals surface area contributed by atoms with Crippen LogP contribution >= 0.6 is 11.6 Å². The van der Waals surface area contributed by atoms with E-state index in [0.717, 1.165) is 6.42 Å². The number of carbonyl (C=O) groups is 2. The summed E-state index contributed by atoms with van der Waals surface area (Å²) in [6.07, 6.45) is 3.74. The van der Waals surface area contributed by atoms with Gasteiger partial charge in [-0.05, 0) is 37.3 Å². The van der Waals surface area contributed by atoms with Gasteiger partial charge >= 0.3 is 0 Å². The highest BCUT2D eigenvalue weighted by molar-refractivity contribution is 6.30. The lowest BCUT2D eigenvalue weighted by Crippen LogP contribution is -2.44. The molecule has 1 aromatic heterocycles. The number of pyridine rings is 1. The van der Waals surface area contributed by atoms with Gasteiger partial charge in [0.15, 0.2) is 5.78 Å². The Kier molecular flexibility index (Phi) is 2.91. The van der Waals surface area contributed by atoms with Crippen molar-refractivity contribution < 1.29 is 9.59 Å². The maximum absolute atomic E-state index is 12.6. The second kappa shape index (κ2) is 4.29. The van der Waals surface area contributed by atoms with Crippen molar-refractivity contribution in [1.82, 2.24) is 4.98 Å². The number of hydrogen-bond donors (Lipinski definition) is 1. The largest absolute Gasteiger partial charge is 0.310 e. The van der Waals surface area contributed by atoms with E-state index in [1.54, 1.807) is 12.1 Å². The van der Waals surface area contributed by atoms with Gasteiger partial charge in [0.2, 0.25) is 5.91 Å². The molecule has 0 radical (unpaired) electrons. The van der Waals surface area contributed by atoms with Gasteiger partial charge < -0.3 is 5.32 Å². The number of rotatable bonds is 2. The molecule has 2 aliphatic carbocycles. The number of nitrogens with zero attached hydrogens (tertiary/aromatic N) is 1. The molecule has 0 aliphatic heterocycles. The molecule has 2 saturated carbocycles. The van der Waals surface area contributed by atoms with Crippen LogP contribution in [0, 0.1) is 16.7 Å². The molecule has 1 amide bonds. The van der Waals surface area contributed by atoms with E-state index >= 15 is 0 Å². The van der Waals surface area contributed by atoms with Gasteiger partial charge in [-0.1, -0.05) is 25.4 Å². The third-order valence-electron chi connectivity index (χ3n) is 4.96. The monoisotopic (exact) mass is 292 g/mol. The van der Waals surface area contributed by atoms with Crippen molar-refractivity contribution in [1.29, 1.82) is 0 Å². The minimum absolute atomic E-state index is 0.0766. The SMILES string of the molecule is CC1(C)C(=O)[C@@]2(C(=O)Nc3ccc(Cl)cn3)CC[C@@H]1C2. The van der Waals surface area contributed by atoms with Crippen molar-refractivity contribution in [3.05, 3.63) is 23.4 Å². The van der Waals surface area contributed by atoms with Crippen molar-refractivity contribution in [2.24, 2.45) is 16.7 Å². The van der Waals surface area contributed by atoms with Crippen molar-refractivity contribution in [2.75, 3.05) is 5.32 Å². The van der Waals surface area contributed by atoms with Gasteiger partial charge in [0.25, 0.3) is 0 Å². The first-order valence-corrected chi connectivity index (χ1v) is 7.22. The Balaban J connectivity index is 1.84. The summed E-state index contributed by atoms with van der Waals surface area (Å²) in [5.74, 6) is 0.617. The van der Waals surface area contributed by atoms with Gasteiger partial charge in [0.05, 0.1) is 5.02 Å². The van der Waals surface area contributed by atoms with Crippen LogP contribution in [0.4, 0.5) is 5.82 Å². The lowest BCUT2D eigenvalue weighted by molar-refractivity contribution is -0.142. The van der Waals surface area contributed by atoms with Gasteiger partial charge in [-0.15, -0.1) is 0 Å². The molecular weight excluding hydrogens is 276 g/mol. The molecule has 2 fully saturated rings. The van der Waals surface area contributed by atoms with Crippen LogP contribution in [0.3, 0.4) is 0 Å². The Labute approximate surface area is 122 Å². The number of aromatic nitrogens is 1. The summed E-state index contributed by atoms with van der Waals surface area (Å²) in [6.45, 7) is 3.91. The number of carbonyl (C=O) groups excluding carboxylic acids is 2. The first-order valence-electron chi connectivity index (χ1n) is 6.84. The number of ketones is 1. The summed E-state index contributed by atoms with van der Waals surface area (Å²) >= 11 is 5.77. The van der Waals surface area contributed by atoms with E-state index < -0.39 is 5.41 Å². The van der Waals surface area contributed by atoms with Gasteiger partial charge in [-0.3, -0.25) is 9.59 Å². The standard InChI is InChI=1S/C15H17ClN2O2/c1-14(2)9-5-6-15(7-9,12(14)19)13(20)18-11-4-3-10(16)8-17-11/h3-4,8-9H,5-7H2,1-2H3,(H,17,18,20)/t9-,15-/m1/s1. The molecule has 2 atom stereocenters. The van der Waals surface area contributed by atoms with E-state index in [1.165, 1.54) is 6.20 Å². The van der Waals surface area contributed by atoms with Crippen molar-refractivity contribution in [3.8, 4) is 0 Å². The topological polar surface area (TPSA) is 59.1 Å². The highest BCUT2D eigenvalue weighted by Gasteiger charge is 2.65. The molecule has 0 aromatic carbocycles. The lowest BCUT2D eigenvalue weighted by Gasteiger charge is -2.32. The molecule has 0 spiro atoms. The minimum Gasteiger partial charge on any atom is -0.310 e. The first kappa shape index (κ1) is 13.6. The van der Waals surface area contributed by atoms with Crippen LogP contribution in [0.1, 0.15) is 33.1 Å². The van der Waals surface area contributed by atoms with E-state index in [2.05, 4.69) is 10.3 Å². The van der Waals surface area contributed by atoms with Gasteiger partial charge in [-0.25, -0.2) is 4.98 Å². The maximum Gasteiger partial charge on any atom is 0.239 e. The molecule has 2 aliphatic rings. The second-order valence-electron chi connectivity index (χ2n) is 6.39. The van der Waals surface area contributed by atoms with Crippen LogP contribution in [0.15, 0.2) is 18.3 Å². The average molecular weight is 293 g/mol. The Hall–Kier alpha value is -1.42. The fourth-order valence-electron chi connectivity index (χ4n) is 3.66. The van der Waals surface area contributed by atoms with Crippen LogP contribution in [0.25, 0.3) is 0 Å². The fraction of sp³-hybridized carbons (Fsp3) is 0.533. The van der Waals surface area contributed by atoms with Crippen molar-refractivity contribution >= 4 is 29.1 Å². The predicted molar refractivity (Wildman–Crippen MR) is 76.4 cm³/mol. The fourth-order valence-corrected chi connectivity index (χ4v) is 3.78. The molecule has 1 aromatic rings. The summed E-state index contributed by atoms with van der Waals surface area (Å²) in [5.41, 5.74) is -1.24. The van der Waals surface area contributed by atoms with E-state index in [4.69, 9.17) is 11.6 Å². The van der Waals surface area contributed by atoms with Gasteiger partial charge in [-0.2, -0.15) is 0 Å². The number of halogens is 1. The number of hydrogen-bond acceptors (Lipinski definition) is 3. The van der Waals surface area contributed by atoms with E-state index in [9.17, 15) is 9.59 Å². The van der Waals surface area contributed by atoms with Crippen LogP contribution in [-0.2, 0) is 9.59 Å². The van der Waals surface area contributed by atoms with Crippen molar-refractivity contribution in [3.63, 3.8) is 0 Å². The summed E-state index contributed by atoms with van der Waals surface area (Å²) < 4.78 is 0. The Bertz CT molecular complexity index is 582. The number of amides is 1. The molecule has 2 bridgehead atoms. The van der Waals surface area contributed by atoms with Crippen LogP contribution < -0.4 is 5.32 Å². The normalized spacial score (nSPS) is 30.6. The Morgan fingerprint density at radius 1 is 1.45 bits per heavy atom. The first-order chi connectivity index (χ1) is 9.36. The van der Waals surface area contributed by atoms with Crippen LogP contribution in [0.5, 0.6) is 0 Å². The summed E-state index contributed by atoms with van der Waals surface area (Å²) in [4.78, 5) is 29.2. The number of anilines is 1. The molecule has 0 unspecified atom stereocenters. The maximum atomic E-state index is 12.6. The zero-order valence-corrected chi connectivity index (χ0v) is 12.3. The quantitative estimate of drug-likeness (QED) is 0.852. The molecule has 3 rings (SSSR count). The summed E-state index contributed by atoms with van der Waals surface area (Å²) in [7, 11) is 0. The molecule has 20 heavy (non-hydrogen) atoms. The highest BCUT2D eigenvalue weighted by Crippen LogP contribution is 2.60. The van der Waals surface area contributed by atoms with Crippen molar-refractivity contribution in [2.45, 2.75) is 33.1 Å². The zero-order chi connectivity index (χ0) is 14.5. The number of Topliss-reactive ketones (excluding diaryl/α,β-unsaturated/α-hetero) is 1. The minimum atomic E-state index is -0.852. The molecular formula is C15H17ClN2O2. The van der Waals surface area contributed by atoms with Crippen LogP contribution in [0.2, 0.25) is 5.02 Å². The molecule has 1 heterocycles. The molecule has 1 N–H and O–H groups in total. The molecule has 0 saturated heterocycles. The third kappa shape index (κ3) is 1.78. The number of fused-ring (bicyclic) bond motifs is 2. The van der Waals surface area contributed by atoms with Gasteiger partial charge in [0.1, 0.15) is 11.2 Å². The summed E-state index contributed by atoms with van der Waals surface area (Å²) in [6, 6.07) is 3.31. The third-order valence-corrected chi connectivity index (χ3v) is 5.18. The average Bonchev–Trinajstić information content (AvgIpc) is 2.93. The smallest absolute Gasteiger partial charge is 0.239 e. The van der Waals surface area contributed by atoms with E-state index in [0.29, 0.717) is 29.6 Å². The molecule has 106 valence electrons. The lowest BCUT2D eigenvalue weighted by atomic mass is 9.70. The Morgan fingerprint density at radius 2 is 2.20 bits per heavy atom. The predicted octanol–water partition coefficient (Wildman–Crippen LogP) is 3.07. The second-order valence-corrected chi connectivity index (χ2v) is 6.82. The summed E-state index contributed by atoms with van der Waals surface area (Å²) in [5, 5.41) is 3.28. The molecule has 5 heteroatoms. The molecule has 4 nitrogen and oxygen atoms in total. The highest BCUT2D eigenvalue weighted by atomic mass is 35.5. The zero-order valence-electron chi connectivity index (χ0n) is 11.6. The Morgan fingerprint density at radius 3 is 2.75 bits per heavy atom. The van der Waals surface area contributed by atoms with E-state index in [1.807, 2.05) is 13.8 Å². The van der Waals surface area contributed by atoms with Gasteiger partial charge in [0, 0.05) is 11.6 Å². The van der Waals surface area contributed by atoms with Crippen LogP contribution in [-0.4, -0.2) is 16.7 Å². The van der Waals surface area contributed by atoms with E-state index in [-0.39, 0.29) is 17.1 Å².